The Labute approximate surface area is 228 Å². The van der Waals surface area contributed by atoms with Crippen LogP contribution < -0.4 is 5.32 Å². The second-order valence-electron chi connectivity index (χ2n) is 9.43. The average molecular weight is 555 g/mol. The van der Waals surface area contributed by atoms with Crippen LogP contribution in [0.5, 0.6) is 0 Å². The molecule has 1 aliphatic heterocycles. The van der Waals surface area contributed by atoms with Gasteiger partial charge in [0.1, 0.15) is 0 Å². The fourth-order valence-electron chi connectivity index (χ4n) is 4.13. The highest BCUT2D eigenvalue weighted by atomic mass is 35.5. The third-order valence-corrected chi connectivity index (χ3v) is 8.51. The van der Waals surface area contributed by atoms with E-state index in [1.165, 1.54) is 12.1 Å². The van der Waals surface area contributed by atoms with Crippen molar-refractivity contribution in [2.75, 3.05) is 45.1 Å². The van der Waals surface area contributed by atoms with E-state index < -0.39 is 15.9 Å². The molecule has 10 heteroatoms. The fraction of sp³-hybridized carbons (Fsp3) is 0.286. The molecule has 1 fully saturated rings. The van der Waals surface area contributed by atoms with Gasteiger partial charge in [-0.3, -0.25) is 9.59 Å². The van der Waals surface area contributed by atoms with Crippen LogP contribution in [0.2, 0.25) is 5.02 Å². The molecule has 200 valence electrons. The number of rotatable bonds is 8. The van der Waals surface area contributed by atoms with E-state index in [1.54, 1.807) is 60.7 Å². The number of carbonyl (C=O) groups is 2. The van der Waals surface area contributed by atoms with Crippen molar-refractivity contribution in [3.8, 4) is 0 Å². The molecule has 1 aliphatic rings. The molecule has 0 aromatic heterocycles. The number of carbonyl (C=O) groups excluding carboxylic acids is 2. The molecule has 3 aromatic rings. The Bertz CT molecular complexity index is 1370. The number of hydrogen-bond donors (Lipinski definition) is 1. The number of piperazine rings is 1. The predicted molar refractivity (Wildman–Crippen MR) is 149 cm³/mol. The van der Waals surface area contributed by atoms with E-state index in [1.807, 2.05) is 18.9 Å². The molecule has 38 heavy (non-hydrogen) atoms. The molecule has 8 nitrogen and oxygen atoms in total. The Balaban J connectivity index is 1.47. The second kappa shape index (κ2) is 12.1. The van der Waals surface area contributed by atoms with Gasteiger partial charge in [0.25, 0.3) is 5.91 Å². The summed E-state index contributed by atoms with van der Waals surface area (Å²) in [6, 6.07) is 20.0. The number of aryl methyl sites for hydroxylation is 1. The number of amides is 2. The summed E-state index contributed by atoms with van der Waals surface area (Å²) in [5, 5.41) is 3.29. The topological polar surface area (TPSA) is 90.0 Å². The van der Waals surface area contributed by atoms with E-state index in [0.29, 0.717) is 34.9 Å². The smallest absolute Gasteiger partial charge is 0.253 e. The van der Waals surface area contributed by atoms with Gasteiger partial charge in [-0.05, 0) is 68.1 Å². The van der Waals surface area contributed by atoms with E-state index in [2.05, 4.69) is 10.2 Å². The van der Waals surface area contributed by atoms with Gasteiger partial charge in [0, 0.05) is 49.0 Å². The fourth-order valence-corrected chi connectivity index (χ4v) is 5.64. The lowest BCUT2D eigenvalue weighted by Crippen LogP contribution is -2.47. The first-order valence-corrected chi connectivity index (χ1v) is 14.1. The number of halogens is 1. The quantitative estimate of drug-likeness (QED) is 0.456. The van der Waals surface area contributed by atoms with Crippen LogP contribution in [0.15, 0.2) is 77.7 Å². The van der Waals surface area contributed by atoms with Gasteiger partial charge in [0.05, 0.1) is 11.4 Å². The molecule has 0 aliphatic carbocycles. The largest absolute Gasteiger partial charge is 0.336 e. The summed E-state index contributed by atoms with van der Waals surface area (Å²) in [7, 11) is -1.93. The molecule has 2 amide bonds. The van der Waals surface area contributed by atoms with Crippen LogP contribution >= 0.6 is 11.6 Å². The molecule has 3 aromatic carbocycles. The molecule has 0 atom stereocenters. The van der Waals surface area contributed by atoms with Gasteiger partial charge in [0.2, 0.25) is 15.9 Å². The van der Waals surface area contributed by atoms with E-state index in [-0.39, 0.29) is 23.9 Å². The number of anilines is 1. The van der Waals surface area contributed by atoms with Crippen LogP contribution in [0.4, 0.5) is 5.69 Å². The summed E-state index contributed by atoms with van der Waals surface area (Å²) < 4.78 is 28.1. The average Bonchev–Trinajstić information content (AvgIpc) is 2.90. The third-order valence-electron chi connectivity index (χ3n) is 6.46. The van der Waals surface area contributed by atoms with Crippen molar-refractivity contribution in [3.05, 3.63) is 94.5 Å². The lowest BCUT2D eigenvalue weighted by Gasteiger charge is -2.32. The zero-order valence-corrected chi connectivity index (χ0v) is 23.0. The highest BCUT2D eigenvalue weighted by molar-refractivity contribution is 7.89. The Morgan fingerprint density at radius 2 is 1.50 bits per heavy atom. The Hall–Kier alpha value is -3.24. The molecule has 1 heterocycles. The van der Waals surface area contributed by atoms with E-state index in [4.69, 9.17) is 11.6 Å². The van der Waals surface area contributed by atoms with Crippen LogP contribution in [0.25, 0.3) is 0 Å². The van der Waals surface area contributed by atoms with Crippen LogP contribution in [-0.4, -0.2) is 74.1 Å². The zero-order chi connectivity index (χ0) is 27.3. The zero-order valence-electron chi connectivity index (χ0n) is 21.4. The maximum absolute atomic E-state index is 13.5. The van der Waals surface area contributed by atoms with Gasteiger partial charge in [0.15, 0.2) is 0 Å². The normalized spacial score (nSPS) is 14.5. The van der Waals surface area contributed by atoms with Crippen molar-refractivity contribution in [1.82, 2.24) is 14.1 Å². The summed E-state index contributed by atoms with van der Waals surface area (Å²) in [6.45, 7) is 4.49. The van der Waals surface area contributed by atoms with Crippen LogP contribution in [0.1, 0.15) is 21.5 Å². The molecule has 0 spiro atoms. The van der Waals surface area contributed by atoms with Crippen molar-refractivity contribution >= 4 is 39.1 Å². The highest BCUT2D eigenvalue weighted by Crippen LogP contribution is 2.21. The van der Waals surface area contributed by atoms with Gasteiger partial charge in [-0.1, -0.05) is 41.4 Å². The summed E-state index contributed by atoms with van der Waals surface area (Å²) in [5.41, 5.74) is 2.65. The monoisotopic (exact) mass is 554 g/mol. The number of likely N-dealkylation sites (N-methyl/N-ethyl adjacent to an activating group) is 1. The van der Waals surface area contributed by atoms with Crippen molar-refractivity contribution in [1.29, 1.82) is 0 Å². The van der Waals surface area contributed by atoms with Gasteiger partial charge >= 0.3 is 0 Å². The predicted octanol–water partition coefficient (Wildman–Crippen LogP) is 3.87. The Kier molecular flexibility index (Phi) is 8.83. The van der Waals surface area contributed by atoms with E-state index in [9.17, 15) is 18.0 Å². The molecule has 0 bridgehead atoms. The first-order chi connectivity index (χ1) is 18.1. The molecular weight excluding hydrogens is 524 g/mol. The summed E-state index contributed by atoms with van der Waals surface area (Å²) in [5.74, 6) is -0.540. The molecule has 4 rings (SSSR count). The van der Waals surface area contributed by atoms with Crippen LogP contribution in [0.3, 0.4) is 0 Å². The lowest BCUT2D eigenvalue weighted by molar-refractivity contribution is -0.116. The van der Waals surface area contributed by atoms with Crippen molar-refractivity contribution in [2.45, 2.75) is 18.4 Å². The molecular formula is C28H31ClN4O4S. The number of nitrogens with zero attached hydrogens (tertiary/aromatic N) is 3. The summed E-state index contributed by atoms with van der Waals surface area (Å²) in [4.78, 5) is 29.9. The molecule has 0 radical (unpaired) electrons. The van der Waals surface area contributed by atoms with Crippen LogP contribution in [-0.2, 0) is 21.4 Å². The van der Waals surface area contributed by atoms with Crippen LogP contribution in [0, 0.1) is 6.92 Å². The summed E-state index contributed by atoms with van der Waals surface area (Å²) >= 11 is 5.98. The van der Waals surface area contributed by atoms with Gasteiger partial charge in [-0.2, -0.15) is 4.31 Å². The maximum Gasteiger partial charge on any atom is 0.253 e. The SMILES string of the molecule is Cc1ccc(S(=O)(=O)N(CC(=O)Nc2ccc(C(=O)N3CCN(C)CC3)cc2)Cc2ccc(Cl)cc2)cc1. The summed E-state index contributed by atoms with van der Waals surface area (Å²) in [6.07, 6.45) is 0. The second-order valence-corrected chi connectivity index (χ2v) is 11.8. The minimum absolute atomic E-state index is 0.000733. The standard InChI is InChI=1S/C28H31ClN4O4S/c1-21-3-13-26(14-4-21)38(36,37)33(19-22-5-9-24(29)10-6-22)20-27(34)30-25-11-7-23(8-12-25)28(35)32-17-15-31(2)16-18-32/h3-14H,15-20H2,1-2H3,(H,30,34). The van der Waals surface area contributed by atoms with Crippen molar-refractivity contribution < 1.29 is 18.0 Å². The maximum atomic E-state index is 13.5. The minimum atomic E-state index is -3.96. The Morgan fingerprint density at radius 1 is 0.895 bits per heavy atom. The van der Waals surface area contributed by atoms with Gasteiger partial charge in [-0.25, -0.2) is 8.42 Å². The van der Waals surface area contributed by atoms with Gasteiger partial charge < -0.3 is 15.1 Å². The highest BCUT2D eigenvalue weighted by Gasteiger charge is 2.27. The number of benzene rings is 3. The Morgan fingerprint density at radius 3 is 2.11 bits per heavy atom. The third kappa shape index (κ3) is 6.99. The first-order valence-electron chi connectivity index (χ1n) is 12.3. The van der Waals surface area contributed by atoms with E-state index in [0.717, 1.165) is 23.0 Å². The molecule has 1 saturated heterocycles. The lowest BCUT2D eigenvalue weighted by atomic mass is 10.1. The van der Waals surface area contributed by atoms with Crippen molar-refractivity contribution in [2.24, 2.45) is 0 Å². The van der Waals surface area contributed by atoms with E-state index >= 15 is 0 Å². The number of hydrogen-bond acceptors (Lipinski definition) is 5. The van der Waals surface area contributed by atoms with Crippen molar-refractivity contribution in [3.63, 3.8) is 0 Å². The van der Waals surface area contributed by atoms with Gasteiger partial charge in [-0.15, -0.1) is 0 Å². The number of sulfonamides is 1. The molecule has 0 unspecified atom stereocenters. The molecule has 0 saturated carbocycles. The molecule has 1 N–H and O–H groups in total. The minimum Gasteiger partial charge on any atom is -0.336 e. The first kappa shape index (κ1) is 27.8. The number of nitrogens with one attached hydrogen (secondary N) is 1.